The minimum absolute atomic E-state index is 0.0000466. The predicted octanol–water partition coefficient (Wildman–Crippen LogP) is 2.04. The van der Waals surface area contributed by atoms with E-state index in [-0.39, 0.29) is 11.5 Å². The lowest BCUT2D eigenvalue weighted by Gasteiger charge is -2.10. The smallest absolute Gasteiger partial charge is 0.261 e. The van der Waals surface area contributed by atoms with Crippen molar-refractivity contribution in [2.45, 2.75) is 32.2 Å². The van der Waals surface area contributed by atoms with Crippen molar-refractivity contribution in [2.24, 2.45) is 0 Å². The molecule has 1 aliphatic rings. The Morgan fingerprint density at radius 3 is 3.05 bits per heavy atom. The second-order valence-electron chi connectivity index (χ2n) is 5.53. The summed E-state index contributed by atoms with van der Waals surface area (Å²) in [6, 6.07) is 5.07. The van der Waals surface area contributed by atoms with Gasteiger partial charge >= 0.3 is 0 Å². The van der Waals surface area contributed by atoms with Crippen LogP contribution in [-0.4, -0.2) is 22.0 Å². The highest BCUT2D eigenvalue weighted by atomic mass is 16.1. The minimum atomic E-state index is -0.182. The first kappa shape index (κ1) is 14.5. The summed E-state index contributed by atoms with van der Waals surface area (Å²) in [6.45, 7) is 4.72. The molecule has 0 atom stereocenters. The summed E-state index contributed by atoms with van der Waals surface area (Å²) in [4.78, 5) is 29.2. The summed E-state index contributed by atoms with van der Waals surface area (Å²) in [7, 11) is 0. The number of amides is 1. The molecule has 0 saturated heterocycles. The van der Waals surface area contributed by atoms with E-state index >= 15 is 0 Å². The van der Waals surface area contributed by atoms with Crippen molar-refractivity contribution in [1.82, 2.24) is 14.9 Å². The number of carbonyl (C=O) groups is 1. The summed E-state index contributed by atoms with van der Waals surface area (Å²) >= 11 is 0. The zero-order chi connectivity index (χ0) is 15.5. The molecule has 0 bridgehead atoms. The number of fused-ring (bicyclic) bond motifs is 2. The van der Waals surface area contributed by atoms with Gasteiger partial charge in [0.25, 0.3) is 11.5 Å². The van der Waals surface area contributed by atoms with Crippen LogP contribution in [0.5, 0.6) is 0 Å². The van der Waals surface area contributed by atoms with E-state index in [4.69, 9.17) is 0 Å². The second kappa shape index (κ2) is 6.13. The standard InChI is InChI=1S/C17H19N3O2/c1-2-9-18-16(21)12-7-8-13-14(11-12)19-15-6-4-3-5-10-20(15)17(13)22/h2,7-8,11H,1,3-6,9-10H2,(H,18,21). The van der Waals surface area contributed by atoms with E-state index in [0.717, 1.165) is 38.1 Å². The molecule has 0 fully saturated rings. The molecule has 0 spiro atoms. The number of carbonyl (C=O) groups excluding carboxylic acids is 1. The van der Waals surface area contributed by atoms with Crippen molar-refractivity contribution in [1.29, 1.82) is 0 Å². The van der Waals surface area contributed by atoms with Gasteiger partial charge < -0.3 is 5.32 Å². The van der Waals surface area contributed by atoms with Gasteiger partial charge in [-0.2, -0.15) is 0 Å². The van der Waals surface area contributed by atoms with Crippen LogP contribution in [0.2, 0.25) is 0 Å². The monoisotopic (exact) mass is 297 g/mol. The Balaban J connectivity index is 2.07. The van der Waals surface area contributed by atoms with Crippen molar-refractivity contribution in [2.75, 3.05) is 6.54 Å². The van der Waals surface area contributed by atoms with Gasteiger partial charge in [0.05, 0.1) is 10.9 Å². The summed E-state index contributed by atoms with van der Waals surface area (Å²) in [5.41, 5.74) is 1.11. The van der Waals surface area contributed by atoms with Crippen LogP contribution in [-0.2, 0) is 13.0 Å². The molecule has 5 nitrogen and oxygen atoms in total. The third kappa shape index (κ3) is 2.66. The Labute approximate surface area is 128 Å². The van der Waals surface area contributed by atoms with Gasteiger partial charge in [0.2, 0.25) is 0 Å². The van der Waals surface area contributed by atoms with E-state index < -0.39 is 0 Å². The maximum absolute atomic E-state index is 12.6. The summed E-state index contributed by atoms with van der Waals surface area (Å²) in [5.74, 6) is 0.650. The maximum atomic E-state index is 12.6. The Hall–Kier alpha value is -2.43. The first-order valence-corrected chi connectivity index (χ1v) is 7.63. The first-order chi connectivity index (χ1) is 10.7. The number of hydrogen-bond donors (Lipinski definition) is 1. The molecule has 1 amide bonds. The van der Waals surface area contributed by atoms with Gasteiger partial charge in [-0.25, -0.2) is 4.98 Å². The fraction of sp³-hybridized carbons (Fsp3) is 0.353. The quantitative estimate of drug-likeness (QED) is 0.882. The Morgan fingerprint density at radius 2 is 2.23 bits per heavy atom. The summed E-state index contributed by atoms with van der Waals surface area (Å²) < 4.78 is 1.78. The molecular formula is C17H19N3O2. The molecule has 114 valence electrons. The van der Waals surface area contributed by atoms with Crippen LogP contribution in [0, 0.1) is 0 Å². The topological polar surface area (TPSA) is 64.0 Å². The van der Waals surface area contributed by atoms with E-state index in [1.165, 1.54) is 0 Å². The van der Waals surface area contributed by atoms with Gasteiger partial charge in [-0.1, -0.05) is 12.5 Å². The molecule has 2 heterocycles. The first-order valence-electron chi connectivity index (χ1n) is 7.63. The zero-order valence-corrected chi connectivity index (χ0v) is 12.5. The third-order valence-electron chi connectivity index (χ3n) is 3.99. The van der Waals surface area contributed by atoms with Gasteiger partial charge in [0, 0.05) is 25.1 Å². The Morgan fingerprint density at radius 1 is 1.36 bits per heavy atom. The second-order valence-corrected chi connectivity index (χ2v) is 5.53. The van der Waals surface area contributed by atoms with Crippen molar-refractivity contribution in [3.63, 3.8) is 0 Å². The fourth-order valence-electron chi connectivity index (χ4n) is 2.83. The van der Waals surface area contributed by atoms with Crippen molar-refractivity contribution in [3.8, 4) is 0 Å². The lowest BCUT2D eigenvalue weighted by atomic mass is 10.1. The zero-order valence-electron chi connectivity index (χ0n) is 12.5. The molecule has 1 N–H and O–H groups in total. The highest BCUT2D eigenvalue weighted by molar-refractivity contribution is 5.97. The van der Waals surface area contributed by atoms with Crippen LogP contribution in [0.15, 0.2) is 35.6 Å². The molecule has 0 aliphatic carbocycles. The average molecular weight is 297 g/mol. The molecule has 5 heteroatoms. The van der Waals surface area contributed by atoms with Crippen molar-refractivity contribution < 1.29 is 4.79 Å². The van der Waals surface area contributed by atoms with E-state index in [1.807, 2.05) is 0 Å². The molecule has 0 saturated carbocycles. The number of nitrogens with one attached hydrogen (secondary N) is 1. The van der Waals surface area contributed by atoms with Crippen molar-refractivity contribution >= 4 is 16.8 Å². The van der Waals surface area contributed by atoms with Crippen LogP contribution >= 0.6 is 0 Å². The highest BCUT2D eigenvalue weighted by Crippen LogP contribution is 2.16. The summed E-state index contributed by atoms with van der Waals surface area (Å²) in [6.07, 6.45) is 5.63. The minimum Gasteiger partial charge on any atom is -0.349 e. The molecule has 1 aromatic heterocycles. The van der Waals surface area contributed by atoms with Crippen LogP contribution in [0.3, 0.4) is 0 Å². The molecule has 1 aromatic carbocycles. The van der Waals surface area contributed by atoms with Crippen molar-refractivity contribution in [3.05, 3.63) is 52.6 Å². The number of aryl methyl sites for hydroxylation is 1. The lowest BCUT2D eigenvalue weighted by molar-refractivity contribution is 0.0958. The molecule has 22 heavy (non-hydrogen) atoms. The van der Waals surface area contributed by atoms with Gasteiger partial charge in [0.1, 0.15) is 5.82 Å². The number of hydrogen-bond acceptors (Lipinski definition) is 3. The molecule has 0 unspecified atom stereocenters. The number of nitrogens with zero attached hydrogens (tertiary/aromatic N) is 2. The van der Waals surface area contributed by atoms with E-state index in [9.17, 15) is 9.59 Å². The van der Waals surface area contributed by atoms with Crippen LogP contribution in [0.1, 0.15) is 35.4 Å². The molecule has 3 rings (SSSR count). The lowest BCUT2D eigenvalue weighted by Crippen LogP contribution is -2.26. The Bertz CT molecular complexity index is 792. The largest absolute Gasteiger partial charge is 0.349 e. The summed E-state index contributed by atoms with van der Waals surface area (Å²) in [5, 5.41) is 3.31. The SMILES string of the molecule is C=CCNC(=O)c1ccc2c(=O)n3c(nc2c1)CCCCC3. The van der Waals surface area contributed by atoms with Crippen LogP contribution < -0.4 is 10.9 Å². The third-order valence-corrected chi connectivity index (χ3v) is 3.99. The average Bonchev–Trinajstić information content (AvgIpc) is 2.78. The van der Waals surface area contributed by atoms with Gasteiger partial charge in [0.15, 0.2) is 0 Å². The van der Waals surface area contributed by atoms with Crippen LogP contribution in [0.4, 0.5) is 0 Å². The van der Waals surface area contributed by atoms with Gasteiger partial charge in [-0.15, -0.1) is 6.58 Å². The molecule has 1 aliphatic heterocycles. The van der Waals surface area contributed by atoms with E-state index in [0.29, 0.717) is 23.0 Å². The maximum Gasteiger partial charge on any atom is 0.261 e. The molecular weight excluding hydrogens is 278 g/mol. The van der Waals surface area contributed by atoms with E-state index in [2.05, 4.69) is 16.9 Å². The van der Waals surface area contributed by atoms with Crippen LogP contribution in [0.25, 0.3) is 10.9 Å². The number of benzene rings is 1. The number of rotatable bonds is 3. The number of aromatic nitrogens is 2. The van der Waals surface area contributed by atoms with E-state index in [1.54, 1.807) is 28.8 Å². The normalized spacial score (nSPS) is 14.2. The van der Waals surface area contributed by atoms with Gasteiger partial charge in [-0.3, -0.25) is 14.2 Å². The molecule has 2 aromatic rings. The van der Waals surface area contributed by atoms with Gasteiger partial charge in [-0.05, 0) is 31.0 Å². The highest BCUT2D eigenvalue weighted by Gasteiger charge is 2.15. The predicted molar refractivity (Wildman–Crippen MR) is 86.1 cm³/mol. The fourth-order valence-corrected chi connectivity index (χ4v) is 2.83. The molecule has 0 radical (unpaired) electrons. The Kier molecular flexibility index (Phi) is 4.04.